The third-order valence-electron chi connectivity index (χ3n) is 9.27. The molecule has 1 aromatic heterocycles. The predicted octanol–water partition coefficient (Wildman–Crippen LogP) is 4.75. The Morgan fingerprint density at radius 2 is 1.78 bits per heavy atom. The molecular formula is C35H49N4O6+. The van der Waals surface area contributed by atoms with Crippen LogP contribution in [0.5, 0.6) is 17.4 Å². The van der Waals surface area contributed by atoms with Crippen LogP contribution in [-0.4, -0.2) is 108 Å². The number of amides is 1. The molecule has 3 aromatic rings. The maximum atomic E-state index is 13.9. The summed E-state index contributed by atoms with van der Waals surface area (Å²) in [5.41, 5.74) is 0.865. The minimum absolute atomic E-state index is 0.0451. The Morgan fingerprint density at radius 3 is 2.51 bits per heavy atom. The van der Waals surface area contributed by atoms with Gasteiger partial charge in [0, 0.05) is 55.1 Å². The summed E-state index contributed by atoms with van der Waals surface area (Å²) in [6.45, 7) is 5.76. The van der Waals surface area contributed by atoms with E-state index in [1.807, 2.05) is 53.6 Å². The number of aromatic nitrogens is 1. The first-order chi connectivity index (χ1) is 21.6. The number of carboxylic acid groups (broad SMARTS) is 1. The van der Waals surface area contributed by atoms with Crippen LogP contribution in [-0.2, 0) is 16.1 Å². The van der Waals surface area contributed by atoms with Crippen molar-refractivity contribution in [1.29, 1.82) is 0 Å². The zero-order chi connectivity index (χ0) is 32.1. The Balaban J connectivity index is 1.38. The van der Waals surface area contributed by atoms with Crippen LogP contribution in [0.3, 0.4) is 0 Å². The van der Waals surface area contributed by atoms with Crippen molar-refractivity contribution < 1.29 is 33.8 Å². The average Bonchev–Trinajstić information content (AvgIpc) is 3.70. The molecule has 1 amide bonds. The number of quaternary nitrogens is 1. The van der Waals surface area contributed by atoms with Gasteiger partial charge in [0.05, 0.1) is 40.2 Å². The zero-order valence-corrected chi connectivity index (χ0v) is 27.2. The zero-order valence-electron chi connectivity index (χ0n) is 27.2. The quantitative estimate of drug-likeness (QED) is 0.187. The van der Waals surface area contributed by atoms with E-state index in [0.29, 0.717) is 44.1 Å². The van der Waals surface area contributed by atoms with Crippen LogP contribution in [0.4, 0.5) is 0 Å². The minimum atomic E-state index is -0.886. The van der Waals surface area contributed by atoms with E-state index in [4.69, 9.17) is 9.47 Å². The standard InChI is InChI=1S/C35H48N4O6/c1-5-6-16-36(17-9-10-19-39(2,3)4)32(40)23-38-22-28(25-13-14-30-31(20-25)45-24-44-30)33(35(42)43)29(38)15-18-37-21-26-11-7-8-12-27(26)34(37)41/h7-8,11-14,20-21,28-29,33H,5-6,9-10,15-19,22-24H2,1-4H3,(H-,41,42,43)/p+1/t28-,29+,33?/m1/s1. The highest BCUT2D eigenvalue weighted by atomic mass is 16.7. The van der Waals surface area contributed by atoms with E-state index in [1.165, 1.54) is 0 Å². The van der Waals surface area contributed by atoms with E-state index in [0.717, 1.165) is 53.0 Å². The van der Waals surface area contributed by atoms with Gasteiger partial charge in [0.2, 0.25) is 12.7 Å². The van der Waals surface area contributed by atoms with E-state index >= 15 is 0 Å². The van der Waals surface area contributed by atoms with Gasteiger partial charge in [-0.05, 0) is 49.4 Å². The van der Waals surface area contributed by atoms with Crippen LogP contribution in [0.2, 0.25) is 0 Å². The molecule has 5 rings (SSSR count). The number of carboxylic acids is 1. The molecule has 2 aliphatic heterocycles. The first kappa shape index (κ1) is 32.6. The van der Waals surface area contributed by atoms with Crippen LogP contribution in [0.15, 0.2) is 48.7 Å². The molecule has 1 fully saturated rings. The van der Waals surface area contributed by atoms with E-state index in [1.54, 1.807) is 4.57 Å². The number of rotatable bonds is 15. The van der Waals surface area contributed by atoms with Gasteiger partial charge in [0.25, 0.3) is 0 Å². The summed E-state index contributed by atoms with van der Waals surface area (Å²) in [7, 11) is 6.54. The molecular weight excluding hydrogens is 572 g/mol. The topological polar surface area (TPSA) is 104 Å². The van der Waals surface area contributed by atoms with Gasteiger partial charge in [-0.2, -0.15) is 0 Å². The fourth-order valence-electron chi connectivity index (χ4n) is 6.85. The van der Waals surface area contributed by atoms with Crippen molar-refractivity contribution in [3.8, 4) is 17.4 Å². The predicted molar refractivity (Wildman–Crippen MR) is 174 cm³/mol. The van der Waals surface area contributed by atoms with Crippen molar-refractivity contribution in [1.82, 2.24) is 14.4 Å². The van der Waals surface area contributed by atoms with Gasteiger partial charge in [-0.3, -0.25) is 14.5 Å². The van der Waals surface area contributed by atoms with Gasteiger partial charge < -0.3 is 33.6 Å². The summed E-state index contributed by atoms with van der Waals surface area (Å²) in [5, 5.41) is 23.2. The van der Waals surface area contributed by atoms with Gasteiger partial charge in [0.15, 0.2) is 17.4 Å². The molecule has 2 aliphatic rings. The number of carbonyl (C=O) groups excluding carboxylic acids is 1. The molecule has 0 saturated carbocycles. The molecule has 45 heavy (non-hydrogen) atoms. The number of benzene rings is 2. The van der Waals surface area contributed by atoms with Gasteiger partial charge >= 0.3 is 5.97 Å². The Kier molecular flexibility index (Phi) is 10.2. The molecule has 2 aromatic carbocycles. The second-order valence-electron chi connectivity index (χ2n) is 13.6. The van der Waals surface area contributed by atoms with Gasteiger partial charge in [0.1, 0.15) is 0 Å². The lowest BCUT2D eigenvalue weighted by atomic mass is 9.84. The van der Waals surface area contributed by atoms with Crippen molar-refractivity contribution in [3.05, 3.63) is 54.2 Å². The van der Waals surface area contributed by atoms with Crippen molar-refractivity contribution >= 4 is 22.6 Å². The molecule has 0 spiro atoms. The lowest BCUT2D eigenvalue weighted by Gasteiger charge is -2.30. The van der Waals surface area contributed by atoms with Crippen molar-refractivity contribution in [2.75, 3.05) is 60.7 Å². The van der Waals surface area contributed by atoms with Gasteiger partial charge in [-0.1, -0.05) is 37.6 Å². The number of hydrogen-bond donors (Lipinski definition) is 2. The number of fused-ring (bicyclic) bond motifs is 2. The molecule has 3 heterocycles. The van der Waals surface area contributed by atoms with Crippen molar-refractivity contribution in [3.63, 3.8) is 0 Å². The minimum Gasteiger partial charge on any atom is -0.494 e. The first-order valence-corrected chi connectivity index (χ1v) is 16.3. The van der Waals surface area contributed by atoms with Crippen molar-refractivity contribution in [2.45, 2.75) is 57.5 Å². The number of unbranched alkanes of at least 4 members (excludes halogenated alkanes) is 2. The molecule has 1 unspecified atom stereocenters. The smallest absolute Gasteiger partial charge is 0.308 e. The molecule has 0 aliphatic carbocycles. The maximum absolute atomic E-state index is 13.9. The molecule has 1 saturated heterocycles. The molecule has 3 atom stereocenters. The summed E-state index contributed by atoms with van der Waals surface area (Å²) >= 11 is 0. The highest BCUT2D eigenvalue weighted by Gasteiger charge is 2.47. The van der Waals surface area contributed by atoms with E-state index in [-0.39, 0.29) is 31.0 Å². The largest absolute Gasteiger partial charge is 0.494 e. The highest BCUT2D eigenvalue weighted by molar-refractivity contribution is 5.87. The number of aromatic hydroxyl groups is 1. The second-order valence-corrected chi connectivity index (χ2v) is 13.6. The Morgan fingerprint density at radius 1 is 1.02 bits per heavy atom. The number of hydrogen-bond acceptors (Lipinski definition) is 6. The number of aliphatic carboxylic acids is 1. The fraction of sp³-hybridized carbons (Fsp3) is 0.543. The Hall–Kier alpha value is -3.76. The van der Waals surface area contributed by atoms with Gasteiger partial charge in [-0.25, -0.2) is 0 Å². The van der Waals surface area contributed by atoms with E-state index < -0.39 is 17.9 Å². The second kappa shape index (κ2) is 14.1. The molecule has 2 N–H and O–H groups in total. The summed E-state index contributed by atoms with van der Waals surface area (Å²) in [5.74, 6) is -0.471. The fourth-order valence-corrected chi connectivity index (χ4v) is 6.85. The average molecular weight is 622 g/mol. The summed E-state index contributed by atoms with van der Waals surface area (Å²) in [6, 6.07) is 12.9. The Bertz CT molecular complexity index is 1480. The summed E-state index contributed by atoms with van der Waals surface area (Å²) < 4.78 is 13.8. The number of aryl methyl sites for hydroxylation is 1. The van der Waals surface area contributed by atoms with Crippen LogP contribution in [0.25, 0.3) is 10.8 Å². The number of nitrogens with zero attached hydrogens (tertiary/aromatic N) is 4. The first-order valence-electron chi connectivity index (χ1n) is 16.3. The monoisotopic (exact) mass is 621 g/mol. The number of ether oxygens (including phenoxy) is 2. The molecule has 0 bridgehead atoms. The Labute approximate surface area is 266 Å². The third kappa shape index (κ3) is 7.73. The molecule has 10 nitrogen and oxygen atoms in total. The van der Waals surface area contributed by atoms with E-state index in [2.05, 4.69) is 33.0 Å². The van der Waals surface area contributed by atoms with Crippen LogP contribution >= 0.6 is 0 Å². The summed E-state index contributed by atoms with van der Waals surface area (Å²) in [4.78, 5) is 30.9. The normalized spacial score (nSPS) is 19.8. The summed E-state index contributed by atoms with van der Waals surface area (Å²) in [6.07, 6.45) is 6.28. The lowest BCUT2D eigenvalue weighted by Crippen LogP contribution is -2.45. The lowest BCUT2D eigenvalue weighted by molar-refractivity contribution is -0.870. The molecule has 10 heteroatoms. The third-order valence-corrected chi connectivity index (χ3v) is 9.27. The van der Waals surface area contributed by atoms with Crippen molar-refractivity contribution in [2.24, 2.45) is 5.92 Å². The van der Waals surface area contributed by atoms with Crippen LogP contribution in [0.1, 0.15) is 50.5 Å². The number of likely N-dealkylation sites (tertiary alicyclic amines) is 1. The molecule has 244 valence electrons. The van der Waals surface area contributed by atoms with Crippen LogP contribution in [0, 0.1) is 5.92 Å². The highest BCUT2D eigenvalue weighted by Crippen LogP contribution is 2.43. The van der Waals surface area contributed by atoms with E-state index in [9.17, 15) is 19.8 Å². The van der Waals surface area contributed by atoms with Crippen LogP contribution < -0.4 is 9.47 Å². The molecule has 0 radical (unpaired) electrons. The SMILES string of the molecule is CCCCN(CCCC[N+](C)(C)C)C(=O)CN1C[C@H](c2ccc3c(c2)OCO3)C(C(=O)O)[C@@H]1CCn1cc2ccccc2c1O. The maximum Gasteiger partial charge on any atom is 0.308 e. The number of carbonyl (C=O) groups is 2. The van der Waals surface area contributed by atoms with Gasteiger partial charge in [-0.15, -0.1) is 0 Å².